The molecular weight excluding hydrogens is 519 g/mol. The van der Waals surface area contributed by atoms with Crippen LogP contribution in [0.5, 0.6) is 0 Å². The van der Waals surface area contributed by atoms with Crippen LogP contribution in [0.2, 0.25) is 0 Å². The maximum Gasteiger partial charge on any atom is 0.335 e. The highest BCUT2D eigenvalue weighted by Crippen LogP contribution is 2.35. The van der Waals surface area contributed by atoms with E-state index in [2.05, 4.69) is 22.1 Å². The largest absolute Gasteiger partial charge is 0.478 e. The SMILES string of the molecule is O=C(O)c1ccc(CN2CCC(c3c(C(=O)N4CC[C@H](c5ccccc5)C4)cnn3-c3ccc(F)cc3)CC2)cc1. The van der Waals surface area contributed by atoms with Crippen LogP contribution in [0.3, 0.4) is 0 Å². The summed E-state index contributed by atoms with van der Waals surface area (Å²) in [5.41, 5.74) is 4.88. The van der Waals surface area contributed by atoms with Gasteiger partial charge in [-0.25, -0.2) is 13.9 Å². The Hall–Kier alpha value is -4.30. The van der Waals surface area contributed by atoms with Crippen LogP contribution in [0.15, 0.2) is 85.1 Å². The number of hydrogen-bond acceptors (Lipinski definition) is 4. The molecule has 41 heavy (non-hydrogen) atoms. The summed E-state index contributed by atoms with van der Waals surface area (Å²) in [6, 6.07) is 23.6. The van der Waals surface area contributed by atoms with E-state index in [4.69, 9.17) is 5.11 Å². The van der Waals surface area contributed by atoms with E-state index in [-0.39, 0.29) is 23.2 Å². The Morgan fingerprint density at radius 2 is 1.54 bits per heavy atom. The monoisotopic (exact) mass is 552 g/mol. The number of carbonyl (C=O) groups is 2. The van der Waals surface area contributed by atoms with Crippen LogP contribution in [0.25, 0.3) is 5.69 Å². The third-order valence-electron chi connectivity index (χ3n) is 8.44. The molecule has 0 saturated carbocycles. The van der Waals surface area contributed by atoms with Crippen molar-refractivity contribution in [1.82, 2.24) is 19.6 Å². The Morgan fingerprint density at radius 1 is 0.854 bits per heavy atom. The molecule has 0 unspecified atom stereocenters. The first-order valence-electron chi connectivity index (χ1n) is 14.2. The molecule has 3 heterocycles. The lowest BCUT2D eigenvalue weighted by Gasteiger charge is -2.33. The zero-order chi connectivity index (χ0) is 28.3. The Kier molecular flexibility index (Phi) is 7.65. The van der Waals surface area contributed by atoms with Crippen LogP contribution in [-0.2, 0) is 6.54 Å². The molecule has 0 bridgehead atoms. The van der Waals surface area contributed by atoms with Gasteiger partial charge in [-0.15, -0.1) is 0 Å². The molecule has 2 aliphatic rings. The number of carboxylic acids is 1. The number of rotatable bonds is 7. The molecule has 6 rings (SSSR count). The number of amides is 1. The lowest BCUT2D eigenvalue weighted by atomic mass is 9.90. The van der Waals surface area contributed by atoms with Crippen LogP contribution < -0.4 is 0 Å². The first-order chi connectivity index (χ1) is 20.0. The lowest BCUT2D eigenvalue weighted by molar-refractivity contribution is 0.0696. The van der Waals surface area contributed by atoms with Gasteiger partial charge in [-0.1, -0.05) is 42.5 Å². The molecule has 2 aliphatic heterocycles. The molecule has 210 valence electrons. The summed E-state index contributed by atoms with van der Waals surface area (Å²) < 4.78 is 15.6. The van der Waals surface area contributed by atoms with Crippen LogP contribution in [0, 0.1) is 5.82 Å². The van der Waals surface area contributed by atoms with Gasteiger partial charge in [0.15, 0.2) is 0 Å². The van der Waals surface area contributed by atoms with Crippen molar-refractivity contribution in [3.05, 3.63) is 119 Å². The number of benzene rings is 3. The van der Waals surface area contributed by atoms with Crippen molar-refractivity contribution < 1.29 is 19.1 Å². The number of aromatic carboxylic acids is 1. The molecule has 4 aromatic rings. The maximum atomic E-state index is 13.9. The average molecular weight is 553 g/mol. The number of likely N-dealkylation sites (tertiary alicyclic amines) is 2. The Morgan fingerprint density at radius 3 is 2.22 bits per heavy atom. The van der Waals surface area contributed by atoms with E-state index in [1.807, 2.05) is 39.9 Å². The predicted molar refractivity (Wildman–Crippen MR) is 154 cm³/mol. The molecule has 0 aliphatic carbocycles. The van der Waals surface area contributed by atoms with E-state index in [0.29, 0.717) is 24.6 Å². The van der Waals surface area contributed by atoms with E-state index in [0.717, 1.165) is 55.8 Å². The smallest absolute Gasteiger partial charge is 0.335 e. The maximum absolute atomic E-state index is 13.9. The number of halogens is 1. The molecule has 7 nitrogen and oxygen atoms in total. The van der Waals surface area contributed by atoms with E-state index in [1.54, 1.807) is 30.5 Å². The van der Waals surface area contributed by atoms with Crippen LogP contribution in [0.4, 0.5) is 4.39 Å². The van der Waals surface area contributed by atoms with Crippen molar-refractivity contribution >= 4 is 11.9 Å². The summed E-state index contributed by atoms with van der Waals surface area (Å²) in [7, 11) is 0. The summed E-state index contributed by atoms with van der Waals surface area (Å²) in [5.74, 6) is -0.784. The number of hydrogen-bond donors (Lipinski definition) is 1. The van der Waals surface area contributed by atoms with Crippen LogP contribution in [0.1, 0.15) is 68.6 Å². The normalized spacial score (nSPS) is 18.1. The number of aromatic nitrogens is 2. The second-order valence-corrected chi connectivity index (χ2v) is 11.0. The van der Waals surface area contributed by atoms with Gasteiger partial charge in [0.2, 0.25) is 0 Å². The predicted octanol–water partition coefficient (Wildman–Crippen LogP) is 5.72. The fraction of sp³-hybridized carbons (Fsp3) is 0.303. The molecule has 1 aromatic heterocycles. The summed E-state index contributed by atoms with van der Waals surface area (Å²) >= 11 is 0. The van der Waals surface area contributed by atoms with Gasteiger partial charge in [-0.05, 0) is 79.9 Å². The highest BCUT2D eigenvalue weighted by molar-refractivity contribution is 5.95. The van der Waals surface area contributed by atoms with Gasteiger partial charge in [0.05, 0.1) is 28.7 Å². The van der Waals surface area contributed by atoms with Crippen LogP contribution in [-0.4, -0.2) is 62.7 Å². The van der Waals surface area contributed by atoms with Crippen molar-refractivity contribution in [3.63, 3.8) is 0 Å². The fourth-order valence-corrected chi connectivity index (χ4v) is 6.19. The van der Waals surface area contributed by atoms with Gasteiger partial charge in [0.25, 0.3) is 5.91 Å². The molecule has 1 atom stereocenters. The van der Waals surface area contributed by atoms with E-state index >= 15 is 0 Å². The molecular formula is C33H33FN4O3. The summed E-state index contributed by atoms with van der Waals surface area (Å²) in [6.45, 7) is 3.81. The lowest BCUT2D eigenvalue weighted by Crippen LogP contribution is -2.34. The topological polar surface area (TPSA) is 78.7 Å². The van der Waals surface area contributed by atoms with Crippen molar-refractivity contribution in [2.24, 2.45) is 0 Å². The van der Waals surface area contributed by atoms with Crippen molar-refractivity contribution in [1.29, 1.82) is 0 Å². The van der Waals surface area contributed by atoms with Crippen molar-refractivity contribution in [2.45, 2.75) is 37.6 Å². The standard InChI is InChI=1S/C33H33FN4O3/c34-28-10-12-29(13-11-28)38-31(25-14-17-36(18-15-25)21-23-6-8-26(9-7-23)33(40)41)30(20-35-38)32(39)37-19-16-27(22-37)24-4-2-1-3-5-24/h1-13,20,25,27H,14-19,21-22H2,(H,40,41)/t27-/m0/s1. The summed E-state index contributed by atoms with van der Waals surface area (Å²) in [5, 5.41) is 13.8. The Balaban J connectivity index is 1.21. The summed E-state index contributed by atoms with van der Waals surface area (Å²) in [6.07, 6.45) is 4.33. The number of nitrogens with zero attached hydrogens (tertiary/aromatic N) is 4. The highest BCUT2D eigenvalue weighted by Gasteiger charge is 2.34. The van der Waals surface area contributed by atoms with Gasteiger partial charge >= 0.3 is 5.97 Å². The number of carboxylic acid groups (broad SMARTS) is 1. The zero-order valence-electron chi connectivity index (χ0n) is 22.8. The van der Waals surface area contributed by atoms with Crippen molar-refractivity contribution in [3.8, 4) is 5.69 Å². The minimum atomic E-state index is -0.926. The molecule has 1 N–H and O–H groups in total. The van der Waals surface area contributed by atoms with E-state index < -0.39 is 5.97 Å². The molecule has 3 aromatic carbocycles. The second-order valence-electron chi connectivity index (χ2n) is 11.0. The zero-order valence-corrected chi connectivity index (χ0v) is 22.8. The average Bonchev–Trinajstić information content (AvgIpc) is 3.67. The van der Waals surface area contributed by atoms with Crippen molar-refractivity contribution in [2.75, 3.05) is 26.2 Å². The molecule has 2 fully saturated rings. The Labute approximate surface area is 238 Å². The quantitative estimate of drug-likeness (QED) is 0.317. The summed E-state index contributed by atoms with van der Waals surface area (Å²) in [4.78, 5) is 29.4. The van der Waals surface area contributed by atoms with E-state index in [9.17, 15) is 14.0 Å². The molecule has 0 spiro atoms. The molecule has 2 saturated heterocycles. The second kappa shape index (κ2) is 11.7. The van der Waals surface area contributed by atoms with E-state index in [1.165, 1.54) is 17.7 Å². The molecule has 0 radical (unpaired) electrons. The minimum absolute atomic E-state index is 0.00717. The third-order valence-corrected chi connectivity index (χ3v) is 8.44. The van der Waals surface area contributed by atoms with Gasteiger partial charge in [-0.3, -0.25) is 9.69 Å². The first kappa shape index (κ1) is 26.9. The molecule has 8 heteroatoms. The van der Waals surface area contributed by atoms with Gasteiger partial charge < -0.3 is 10.0 Å². The number of carbonyl (C=O) groups excluding carboxylic acids is 1. The Bertz CT molecular complexity index is 1510. The third kappa shape index (κ3) is 5.79. The highest BCUT2D eigenvalue weighted by atomic mass is 19.1. The van der Waals surface area contributed by atoms with Gasteiger partial charge in [-0.2, -0.15) is 5.10 Å². The number of piperidine rings is 1. The first-order valence-corrected chi connectivity index (χ1v) is 14.2. The van der Waals surface area contributed by atoms with Gasteiger partial charge in [0, 0.05) is 31.5 Å². The fourth-order valence-electron chi connectivity index (χ4n) is 6.19. The van der Waals surface area contributed by atoms with Crippen LogP contribution >= 0.6 is 0 Å². The van der Waals surface area contributed by atoms with Gasteiger partial charge in [0.1, 0.15) is 5.82 Å². The molecule has 1 amide bonds. The minimum Gasteiger partial charge on any atom is -0.478 e.